The largest absolute Gasteiger partial charge is 0.388 e. The Bertz CT molecular complexity index is 1530. The van der Waals surface area contributed by atoms with Crippen molar-refractivity contribution in [2.75, 3.05) is 14.2 Å². The van der Waals surface area contributed by atoms with Crippen molar-refractivity contribution < 1.29 is 62.0 Å². The zero-order chi connectivity index (χ0) is 36.1. The van der Waals surface area contributed by atoms with Gasteiger partial charge >= 0.3 is 47.8 Å². The van der Waals surface area contributed by atoms with E-state index in [1.165, 1.54) is 0 Å². The van der Waals surface area contributed by atoms with Gasteiger partial charge in [0.2, 0.25) is 0 Å². The van der Waals surface area contributed by atoms with Gasteiger partial charge in [-0.3, -0.25) is 0 Å². The van der Waals surface area contributed by atoms with E-state index >= 15 is 0 Å². The number of carbonyl (C=O) groups excluding carboxylic acids is 8. The number of hydrogen-bond donors (Lipinski definition) is 0. The number of carbonyl (C=O) groups is 8. The molecule has 4 aliphatic heterocycles. The topological polar surface area (TPSA) is 183 Å². The van der Waals surface area contributed by atoms with Gasteiger partial charge in [-0.25, -0.2) is 38.4 Å². The smallest absolute Gasteiger partial charge is 0.346 e. The molecule has 8 rings (SSSR count). The second kappa shape index (κ2) is 17.4. The second-order valence-corrected chi connectivity index (χ2v) is 9.30. The van der Waals surface area contributed by atoms with Gasteiger partial charge in [-0.1, -0.05) is 62.4 Å². The second-order valence-electron chi connectivity index (χ2n) is 9.30. The molecule has 13 heteroatoms. The molecule has 250 valence electrons. The summed E-state index contributed by atoms with van der Waals surface area (Å²) in [4.78, 5) is 86.7. The van der Waals surface area contributed by atoms with Crippen LogP contribution in [0, 0.1) is 0 Å². The molecule has 0 saturated heterocycles. The van der Waals surface area contributed by atoms with Crippen LogP contribution in [0.4, 0.5) is 0 Å². The number of benzene rings is 4. The summed E-state index contributed by atoms with van der Waals surface area (Å²) in [5.74, 6) is -4.40. The summed E-state index contributed by atoms with van der Waals surface area (Å²) in [6.45, 7) is 4.00. The van der Waals surface area contributed by atoms with Crippen LogP contribution < -0.4 is 0 Å². The maximum absolute atomic E-state index is 10.8. The Hall–Kier alpha value is -6.60. The first kappa shape index (κ1) is 36.9. The van der Waals surface area contributed by atoms with E-state index in [0.29, 0.717) is 44.5 Å². The average Bonchev–Trinajstić information content (AvgIpc) is 3.79. The number of hydrogen-bond acceptors (Lipinski definition) is 13. The number of rotatable bonds is 0. The molecule has 4 heterocycles. The van der Waals surface area contributed by atoms with Gasteiger partial charge in [-0.05, 0) is 48.5 Å². The van der Waals surface area contributed by atoms with Crippen molar-refractivity contribution in [3.05, 3.63) is 142 Å². The number of esters is 8. The predicted molar refractivity (Wildman–Crippen MR) is 169 cm³/mol. The van der Waals surface area contributed by atoms with Gasteiger partial charge in [-0.2, -0.15) is 0 Å². The number of ether oxygens (including phenoxy) is 5. The minimum absolute atomic E-state index is 0.359. The van der Waals surface area contributed by atoms with Crippen LogP contribution in [0.15, 0.2) is 97.1 Å². The predicted octanol–water partition coefficient (Wildman–Crippen LogP) is 5.28. The quantitative estimate of drug-likeness (QED) is 0.134. The van der Waals surface area contributed by atoms with Crippen molar-refractivity contribution in [3.8, 4) is 0 Å². The van der Waals surface area contributed by atoms with Gasteiger partial charge in [-0.15, -0.1) is 0 Å². The fourth-order valence-electron chi connectivity index (χ4n) is 4.13. The van der Waals surface area contributed by atoms with Crippen LogP contribution in [-0.4, -0.2) is 62.0 Å². The van der Waals surface area contributed by atoms with Crippen LogP contribution in [0.2, 0.25) is 0 Å². The Kier molecular flexibility index (Phi) is 13.1. The van der Waals surface area contributed by atoms with Gasteiger partial charge in [0.25, 0.3) is 0 Å². The average molecular weight is 669 g/mol. The SMILES string of the molecule is CC.COC.O=C1OC(=O)c2ccccc21.O=C1OC(=O)c2ccccc21.O=C1OC(=O)c2ccccc21.O=C1OC(=O)c2ccccc21. The van der Waals surface area contributed by atoms with E-state index in [0.717, 1.165) is 0 Å². The minimum atomic E-state index is -0.550. The van der Waals surface area contributed by atoms with Crippen molar-refractivity contribution in [2.45, 2.75) is 13.8 Å². The maximum atomic E-state index is 10.8. The molecule has 0 fully saturated rings. The van der Waals surface area contributed by atoms with E-state index in [1.54, 1.807) is 111 Å². The summed E-state index contributed by atoms with van der Waals surface area (Å²) < 4.78 is 21.7. The number of fused-ring (bicyclic) bond motifs is 4. The lowest BCUT2D eigenvalue weighted by Crippen LogP contribution is -1.96. The summed E-state index contributed by atoms with van der Waals surface area (Å²) >= 11 is 0. The summed E-state index contributed by atoms with van der Waals surface area (Å²) in [5, 5.41) is 0. The van der Waals surface area contributed by atoms with E-state index in [-0.39, 0.29) is 0 Å². The maximum Gasteiger partial charge on any atom is 0.346 e. The molecule has 0 N–H and O–H groups in total. The fraction of sp³-hybridized carbons (Fsp3) is 0.111. The lowest BCUT2D eigenvalue weighted by molar-refractivity contribution is 0.0425. The molecule has 0 amide bonds. The van der Waals surface area contributed by atoms with E-state index < -0.39 is 47.8 Å². The van der Waals surface area contributed by atoms with E-state index in [2.05, 4.69) is 23.7 Å². The lowest BCUT2D eigenvalue weighted by atomic mass is 10.1. The molecule has 4 aromatic carbocycles. The lowest BCUT2D eigenvalue weighted by Gasteiger charge is -1.86. The molecule has 49 heavy (non-hydrogen) atoms. The molecular weight excluding hydrogens is 640 g/mol. The van der Waals surface area contributed by atoms with E-state index in [9.17, 15) is 38.4 Å². The Morgan fingerprint density at radius 3 is 0.510 bits per heavy atom. The van der Waals surface area contributed by atoms with Gasteiger partial charge < -0.3 is 23.7 Å². The Morgan fingerprint density at radius 1 is 0.306 bits per heavy atom. The molecular formula is C36H28O13. The molecule has 4 aromatic rings. The van der Waals surface area contributed by atoms with Crippen molar-refractivity contribution in [1.29, 1.82) is 0 Å². The van der Waals surface area contributed by atoms with E-state index in [4.69, 9.17) is 0 Å². The van der Waals surface area contributed by atoms with Crippen LogP contribution in [0.3, 0.4) is 0 Å². The molecule has 0 aromatic heterocycles. The van der Waals surface area contributed by atoms with Crippen LogP contribution in [0.5, 0.6) is 0 Å². The first-order chi connectivity index (χ1) is 23.6. The highest BCUT2D eigenvalue weighted by Crippen LogP contribution is 2.21. The van der Waals surface area contributed by atoms with Gasteiger partial charge in [0.1, 0.15) is 0 Å². The molecule has 13 nitrogen and oxygen atoms in total. The molecule has 0 spiro atoms. The molecule has 0 aliphatic carbocycles. The Balaban J connectivity index is 0.000000169. The van der Waals surface area contributed by atoms with Crippen molar-refractivity contribution in [2.24, 2.45) is 0 Å². The van der Waals surface area contributed by atoms with Crippen molar-refractivity contribution in [1.82, 2.24) is 0 Å². The molecule has 0 radical (unpaired) electrons. The zero-order valence-electron chi connectivity index (χ0n) is 26.5. The van der Waals surface area contributed by atoms with Gasteiger partial charge in [0.15, 0.2) is 0 Å². The summed E-state index contributed by atoms with van der Waals surface area (Å²) in [7, 11) is 3.25. The first-order valence-electron chi connectivity index (χ1n) is 14.4. The third-order valence-electron chi connectivity index (χ3n) is 6.21. The van der Waals surface area contributed by atoms with Crippen LogP contribution in [0.25, 0.3) is 0 Å². The number of cyclic esters (lactones) is 8. The van der Waals surface area contributed by atoms with Crippen LogP contribution in [0.1, 0.15) is 96.7 Å². The third-order valence-corrected chi connectivity index (χ3v) is 6.21. The third kappa shape index (κ3) is 8.81. The van der Waals surface area contributed by atoms with Crippen molar-refractivity contribution >= 4 is 47.8 Å². The highest BCUT2D eigenvalue weighted by atomic mass is 16.6. The molecule has 0 atom stereocenters. The summed E-state index contributed by atoms with van der Waals surface area (Å²) in [5.41, 5.74) is 2.87. The monoisotopic (exact) mass is 668 g/mol. The summed E-state index contributed by atoms with van der Waals surface area (Å²) in [6.07, 6.45) is 0. The highest BCUT2D eigenvalue weighted by Gasteiger charge is 2.30. The van der Waals surface area contributed by atoms with E-state index in [1.807, 2.05) is 13.8 Å². The zero-order valence-corrected chi connectivity index (χ0v) is 26.5. The van der Waals surface area contributed by atoms with Crippen LogP contribution in [-0.2, 0) is 23.7 Å². The molecule has 4 aliphatic rings. The molecule has 0 bridgehead atoms. The number of methoxy groups -OCH3 is 1. The van der Waals surface area contributed by atoms with Crippen LogP contribution >= 0.6 is 0 Å². The van der Waals surface area contributed by atoms with Gasteiger partial charge in [0.05, 0.1) is 44.5 Å². The van der Waals surface area contributed by atoms with Crippen molar-refractivity contribution in [3.63, 3.8) is 0 Å². The molecule has 0 unspecified atom stereocenters. The standard InChI is InChI=1S/4C8H4O3.C2H6O.C2H6/c4*9-7-5-3-1-2-4-6(5)8(10)11-7;1-3-2;1-2/h4*1-4H;1-2H3;1-2H3. The minimum Gasteiger partial charge on any atom is -0.388 e. The first-order valence-corrected chi connectivity index (χ1v) is 14.4. The normalized spacial score (nSPS) is 13.6. The fourth-order valence-corrected chi connectivity index (χ4v) is 4.13. The highest BCUT2D eigenvalue weighted by molar-refractivity contribution is 6.16. The Labute approximate surface area is 279 Å². The molecule has 0 saturated carbocycles. The Morgan fingerprint density at radius 2 is 0.408 bits per heavy atom. The summed E-state index contributed by atoms with van der Waals surface area (Å²) in [6, 6.07) is 26.1. The van der Waals surface area contributed by atoms with Gasteiger partial charge in [0, 0.05) is 14.2 Å².